The molecule has 0 heterocycles. The van der Waals surface area contributed by atoms with Gasteiger partial charge in [-0.3, -0.25) is 0 Å². The Morgan fingerprint density at radius 3 is 1.09 bits per heavy atom. The van der Waals surface area contributed by atoms with Crippen LogP contribution in [0.4, 0.5) is 34.1 Å². The fraction of sp³-hybridized carbons (Fsp3) is 0.367. The van der Waals surface area contributed by atoms with Crippen LogP contribution in [-0.2, 0) is 0 Å². The average Bonchev–Trinajstić information content (AvgIpc) is 3.28. The van der Waals surface area contributed by atoms with Crippen LogP contribution in [0, 0.1) is 6.92 Å². The molecule has 0 saturated heterocycles. The number of aryl methyl sites for hydroxylation is 1. The Morgan fingerprint density at radius 1 is 0.338 bits per heavy atom. The van der Waals surface area contributed by atoms with E-state index < -0.39 is 24.2 Å². The van der Waals surface area contributed by atoms with Gasteiger partial charge < -0.3 is 9.80 Å². The molecule has 0 bridgehead atoms. The van der Waals surface area contributed by atoms with Crippen molar-refractivity contribution in [2.75, 3.05) is 9.80 Å². The van der Waals surface area contributed by atoms with E-state index in [4.69, 9.17) is 0 Å². The van der Waals surface area contributed by atoms with E-state index in [1.54, 1.807) is 21.5 Å². The van der Waals surface area contributed by atoms with Crippen molar-refractivity contribution in [3.8, 4) is 0 Å². The maximum atomic E-state index is 2.64. The summed E-state index contributed by atoms with van der Waals surface area (Å²) >= 11 is 0. The van der Waals surface area contributed by atoms with E-state index >= 15 is 0 Å². The molecule has 5 heteroatoms. The molecule has 7 aromatic rings. The second-order valence-electron chi connectivity index (χ2n) is 22.9. The van der Waals surface area contributed by atoms with Crippen molar-refractivity contribution in [3.05, 3.63) is 150 Å². The summed E-state index contributed by atoms with van der Waals surface area (Å²) in [6, 6.07) is 52.7. The number of para-hydroxylation sites is 2. The van der Waals surface area contributed by atoms with E-state index in [2.05, 4.69) is 209 Å². The monoisotopic (exact) mass is 907 g/mol. The maximum absolute atomic E-state index is 2.64. The summed E-state index contributed by atoms with van der Waals surface area (Å²) < 4.78 is 0. The van der Waals surface area contributed by atoms with Crippen molar-refractivity contribution in [1.82, 2.24) is 0 Å². The molecular formula is C60H74N2Si3. The first kappa shape index (κ1) is 45.5. The number of hydrogen-bond donors (Lipinski definition) is 0. The van der Waals surface area contributed by atoms with Gasteiger partial charge >= 0.3 is 0 Å². The second-order valence-corrected chi connectivity index (χ2v) is 38.1. The van der Waals surface area contributed by atoms with Crippen LogP contribution in [0.5, 0.6) is 0 Å². The van der Waals surface area contributed by atoms with E-state index in [0.29, 0.717) is 11.8 Å². The first-order valence-corrected chi connectivity index (χ1v) is 35.6. The fourth-order valence-corrected chi connectivity index (χ4v) is 14.9. The third-order valence-electron chi connectivity index (χ3n) is 14.8. The summed E-state index contributed by atoms with van der Waals surface area (Å²) in [6.45, 7) is 24.7. The lowest BCUT2D eigenvalue weighted by atomic mass is 9.74. The first-order chi connectivity index (χ1) is 31.0. The molecule has 0 unspecified atom stereocenters. The zero-order valence-electron chi connectivity index (χ0n) is 41.3. The normalized spacial score (nSPS) is 15.7. The summed E-state index contributed by atoms with van der Waals surface area (Å²) in [5.74, 6) is 1.08. The molecule has 2 nitrogen and oxygen atoms in total. The van der Waals surface area contributed by atoms with E-state index in [1.165, 1.54) is 131 Å². The summed E-state index contributed by atoms with van der Waals surface area (Å²) in [5, 5.41) is 10.5. The lowest BCUT2D eigenvalue weighted by Crippen LogP contribution is -2.45. The summed E-state index contributed by atoms with van der Waals surface area (Å²) in [6.07, 6.45) is 13.0. The number of benzene rings is 7. The minimum atomic E-state index is -1.63. The Kier molecular flexibility index (Phi) is 12.7. The molecule has 2 saturated carbocycles. The molecule has 0 aliphatic heterocycles. The van der Waals surface area contributed by atoms with E-state index in [0.717, 1.165) is 0 Å². The average molecular weight is 908 g/mol. The minimum Gasteiger partial charge on any atom is -0.310 e. The van der Waals surface area contributed by atoms with Crippen LogP contribution in [0.3, 0.4) is 0 Å². The maximum Gasteiger partial charge on any atom is 0.0777 e. The van der Waals surface area contributed by atoms with Crippen LogP contribution in [-0.4, -0.2) is 24.2 Å². The van der Waals surface area contributed by atoms with E-state index in [9.17, 15) is 0 Å². The standard InChI is InChI=1S/C60H74N2Si3/c1-43-35-50(37-52(36-43)63(2,3)4)61(46-27-19-13-20-28-46)48-31-33-55-57(40-48)59(44-23-15-11-16-24-44)56-34-32-49(41-58(56)60(55)45-25-17-12-18-26-45)62(47-29-21-14-22-30-47)51-38-53(64(5,6)7)42-54(39-51)65(8,9)10/h13-14,19-22,27-42,44-45H,11-12,15-18,23-26H2,1-10H3. The Morgan fingerprint density at radius 2 is 0.708 bits per heavy atom. The van der Waals surface area contributed by atoms with Gasteiger partial charge in [0.1, 0.15) is 0 Å². The predicted molar refractivity (Wildman–Crippen MR) is 296 cm³/mol. The highest BCUT2D eigenvalue weighted by atomic mass is 28.3. The molecule has 0 aromatic heterocycles. The molecular weight excluding hydrogens is 833 g/mol. The van der Waals surface area contributed by atoms with Crippen LogP contribution in [0.15, 0.2) is 133 Å². The van der Waals surface area contributed by atoms with Crippen LogP contribution >= 0.6 is 0 Å². The molecule has 9 rings (SSSR count). The lowest BCUT2D eigenvalue weighted by Gasteiger charge is -2.33. The van der Waals surface area contributed by atoms with Gasteiger partial charge in [-0.1, -0.05) is 174 Å². The topological polar surface area (TPSA) is 6.48 Å². The summed E-state index contributed by atoms with van der Waals surface area (Å²) in [4.78, 5) is 5.15. The predicted octanol–water partition coefficient (Wildman–Crippen LogP) is 17.0. The minimum absolute atomic E-state index is 0.537. The van der Waals surface area contributed by atoms with Gasteiger partial charge in [-0.25, -0.2) is 0 Å². The van der Waals surface area contributed by atoms with Crippen molar-refractivity contribution >= 4 is 95.5 Å². The Balaban J connectivity index is 1.33. The Hall–Kier alpha value is -4.69. The number of nitrogens with zero attached hydrogens (tertiary/aromatic N) is 2. The lowest BCUT2D eigenvalue weighted by molar-refractivity contribution is 0.445. The summed E-state index contributed by atoms with van der Waals surface area (Å²) in [7, 11) is -4.85. The Bertz CT molecular complexity index is 2770. The summed E-state index contributed by atoms with van der Waals surface area (Å²) in [5.41, 5.74) is 12.1. The smallest absolute Gasteiger partial charge is 0.0777 e. The quantitative estimate of drug-likeness (QED) is 0.0943. The highest BCUT2D eigenvalue weighted by Gasteiger charge is 2.30. The van der Waals surface area contributed by atoms with Gasteiger partial charge in [0.15, 0.2) is 0 Å². The van der Waals surface area contributed by atoms with Crippen molar-refractivity contribution in [2.24, 2.45) is 0 Å². The number of anilines is 6. The van der Waals surface area contributed by atoms with Gasteiger partial charge in [0.2, 0.25) is 0 Å². The second kappa shape index (κ2) is 18.2. The molecule has 65 heavy (non-hydrogen) atoms. The molecule has 336 valence electrons. The highest BCUT2D eigenvalue weighted by Crippen LogP contribution is 2.50. The molecule has 0 spiro atoms. The third kappa shape index (κ3) is 9.49. The molecule has 0 radical (unpaired) electrons. The van der Waals surface area contributed by atoms with Crippen LogP contribution in [0.1, 0.15) is 92.7 Å². The van der Waals surface area contributed by atoms with Crippen molar-refractivity contribution in [3.63, 3.8) is 0 Å². The van der Waals surface area contributed by atoms with Gasteiger partial charge in [-0.2, -0.15) is 0 Å². The van der Waals surface area contributed by atoms with E-state index in [-0.39, 0.29) is 0 Å². The van der Waals surface area contributed by atoms with Gasteiger partial charge in [0.05, 0.1) is 24.2 Å². The van der Waals surface area contributed by atoms with Crippen LogP contribution in [0.2, 0.25) is 58.9 Å². The molecule has 0 amide bonds. The number of rotatable bonds is 11. The SMILES string of the molecule is Cc1cc(N(c2ccccc2)c2ccc3c(C4CCCCC4)c4cc(N(c5ccccc5)c5cc([Si](C)(C)C)cc([Si](C)(C)C)c5)ccc4c(C4CCCCC4)c3c2)cc([Si](C)(C)C)c1. The molecule has 2 aliphatic carbocycles. The van der Waals surface area contributed by atoms with Gasteiger partial charge in [-0.15, -0.1) is 0 Å². The zero-order valence-corrected chi connectivity index (χ0v) is 44.3. The Labute approximate surface area is 395 Å². The fourth-order valence-electron chi connectivity index (χ4n) is 11.2. The molecule has 7 aromatic carbocycles. The largest absolute Gasteiger partial charge is 0.310 e. The van der Waals surface area contributed by atoms with Crippen LogP contribution in [0.25, 0.3) is 21.5 Å². The number of hydrogen-bond acceptors (Lipinski definition) is 2. The van der Waals surface area contributed by atoms with Gasteiger partial charge in [0, 0.05) is 34.1 Å². The molecule has 2 fully saturated rings. The van der Waals surface area contributed by atoms with Gasteiger partial charge in [-0.05, 0) is 155 Å². The molecule has 0 N–H and O–H groups in total. The number of fused-ring (bicyclic) bond motifs is 2. The third-order valence-corrected chi connectivity index (χ3v) is 20.9. The van der Waals surface area contributed by atoms with Gasteiger partial charge in [0.25, 0.3) is 0 Å². The van der Waals surface area contributed by atoms with Crippen LogP contribution < -0.4 is 25.4 Å². The first-order valence-electron chi connectivity index (χ1n) is 25.1. The highest BCUT2D eigenvalue weighted by molar-refractivity contribution is 6.91. The van der Waals surface area contributed by atoms with Crippen molar-refractivity contribution < 1.29 is 0 Å². The zero-order chi connectivity index (χ0) is 45.7. The van der Waals surface area contributed by atoms with Crippen molar-refractivity contribution in [1.29, 1.82) is 0 Å². The molecule has 2 aliphatic rings. The van der Waals surface area contributed by atoms with E-state index in [1.807, 2.05) is 0 Å². The molecule has 0 atom stereocenters. The van der Waals surface area contributed by atoms with Crippen molar-refractivity contribution in [2.45, 2.75) is 142 Å².